The zero-order chi connectivity index (χ0) is 14.5. The first-order chi connectivity index (χ1) is 9.61. The Morgan fingerprint density at radius 2 is 2.10 bits per heavy atom. The monoisotopic (exact) mass is 328 g/mol. The minimum absolute atomic E-state index is 0. The van der Waals surface area contributed by atoms with Crippen LogP contribution in [0, 0.1) is 0 Å². The zero-order valence-electron chi connectivity index (χ0n) is 13.0. The van der Waals surface area contributed by atoms with Gasteiger partial charge in [0.1, 0.15) is 0 Å². The first kappa shape index (κ1) is 18.3. The molecule has 1 aliphatic heterocycles. The SMILES string of the molecule is CNC1CCCN(C(=O)c2ccccc2SC(C)C)C1.Cl. The highest BCUT2D eigenvalue weighted by atomic mass is 35.5. The quantitative estimate of drug-likeness (QED) is 0.859. The van der Waals surface area contributed by atoms with E-state index >= 15 is 0 Å². The van der Waals surface area contributed by atoms with E-state index in [1.165, 1.54) is 0 Å². The summed E-state index contributed by atoms with van der Waals surface area (Å²) in [6.07, 6.45) is 2.24. The fourth-order valence-electron chi connectivity index (χ4n) is 2.57. The third-order valence-corrected chi connectivity index (χ3v) is 4.68. The fraction of sp³-hybridized carbons (Fsp3) is 0.562. The van der Waals surface area contributed by atoms with Crippen LogP contribution in [-0.4, -0.2) is 42.2 Å². The molecule has 0 aliphatic carbocycles. The largest absolute Gasteiger partial charge is 0.337 e. The molecule has 0 radical (unpaired) electrons. The lowest BCUT2D eigenvalue weighted by Crippen LogP contribution is -2.47. The van der Waals surface area contributed by atoms with Crippen LogP contribution in [0.1, 0.15) is 37.0 Å². The summed E-state index contributed by atoms with van der Waals surface area (Å²) < 4.78 is 0. The van der Waals surface area contributed by atoms with Crippen LogP contribution in [0.5, 0.6) is 0 Å². The molecule has 3 nitrogen and oxygen atoms in total. The van der Waals surface area contributed by atoms with Gasteiger partial charge in [-0.05, 0) is 32.0 Å². The van der Waals surface area contributed by atoms with Crippen molar-refractivity contribution in [3.8, 4) is 0 Å². The molecule has 1 atom stereocenters. The highest BCUT2D eigenvalue weighted by molar-refractivity contribution is 8.00. The molecule has 21 heavy (non-hydrogen) atoms. The fourth-order valence-corrected chi connectivity index (χ4v) is 3.51. The van der Waals surface area contributed by atoms with E-state index in [9.17, 15) is 4.79 Å². The Balaban J connectivity index is 0.00000220. The van der Waals surface area contributed by atoms with Gasteiger partial charge in [0, 0.05) is 29.3 Å². The van der Waals surface area contributed by atoms with Gasteiger partial charge in [-0.15, -0.1) is 24.2 Å². The Morgan fingerprint density at radius 1 is 1.38 bits per heavy atom. The standard InChI is InChI=1S/C16H24N2OS.ClH/c1-12(2)20-15-9-5-4-8-14(15)16(19)18-10-6-7-13(11-18)17-3;/h4-5,8-9,12-13,17H,6-7,10-11H2,1-3H3;1H. The maximum Gasteiger partial charge on any atom is 0.255 e. The Kier molecular flexibility index (Phi) is 7.57. The normalized spacial score (nSPS) is 18.5. The number of likely N-dealkylation sites (tertiary alicyclic amines) is 1. The van der Waals surface area contributed by atoms with Gasteiger partial charge in [0.2, 0.25) is 0 Å². The number of rotatable bonds is 4. The van der Waals surface area contributed by atoms with Gasteiger partial charge in [-0.3, -0.25) is 4.79 Å². The van der Waals surface area contributed by atoms with Gasteiger partial charge in [-0.25, -0.2) is 0 Å². The highest BCUT2D eigenvalue weighted by Crippen LogP contribution is 2.28. The molecule has 1 fully saturated rings. The van der Waals surface area contributed by atoms with Crippen LogP contribution in [-0.2, 0) is 0 Å². The average molecular weight is 329 g/mol. The Morgan fingerprint density at radius 3 is 2.76 bits per heavy atom. The molecule has 1 saturated heterocycles. The zero-order valence-corrected chi connectivity index (χ0v) is 14.6. The molecule has 0 saturated carbocycles. The number of hydrogen-bond acceptors (Lipinski definition) is 3. The molecule has 1 N–H and O–H groups in total. The van der Waals surface area contributed by atoms with E-state index < -0.39 is 0 Å². The topological polar surface area (TPSA) is 32.3 Å². The number of likely N-dealkylation sites (N-methyl/N-ethyl adjacent to an activating group) is 1. The smallest absolute Gasteiger partial charge is 0.255 e. The summed E-state index contributed by atoms with van der Waals surface area (Å²) >= 11 is 1.76. The highest BCUT2D eigenvalue weighted by Gasteiger charge is 2.25. The molecule has 0 spiro atoms. The van der Waals surface area contributed by atoms with Gasteiger partial charge in [0.15, 0.2) is 0 Å². The van der Waals surface area contributed by atoms with Crippen molar-refractivity contribution in [1.29, 1.82) is 0 Å². The summed E-state index contributed by atoms with van der Waals surface area (Å²) in [6.45, 7) is 6.00. The summed E-state index contributed by atoms with van der Waals surface area (Å²) in [4.78, 5) is 15.8. The molecule has 1 aromatic rings. The number of nitrogens with zero attached hydrogens (tertiary/aromatic N) is 1. The van der Waals surface area contributed by atoms with E-state index in [-0.39, 0.29) is 18.3 Å². The number of amides is 1. The second-order valence-electron chi connectivity index (χ2n) is 5.54. The molecule has 1 aromatic carbocycles. The van der Waals surface area contributed by atoms with Gasteiger partial charge in [-0.1, -0.05) is 26.0 Å². The van der Waals surface area contributed by atoms with Crippen LogP contribution in [0.4, 0.5) is 0 Å². The lowest BCUT2D eigenvalue weighted by molar-refractivity contribution is 0.0694. The first-order valence-corrected chi connectivity index (χ1v) is 8.22. The number of thioether (sulfide) groups is 1. The molecule has 118 valence electrons. The van der Waals surface area contributed by atoms with Crippen LogP contribution >= 0.6 is 24.2 Å². The Hall–Kier alpha value is -0.710. The second-order valence-corrected chi connectivity index (χ2v) is 7.16. The number of piperidine rings is 1. The van der Waals surface area contributed by atoms with Crippen LogP contribution < -0.4 is 5.32 Å². The lowest BCUT2D eigenvalue weighted by Gasteiger charge is -2.33. The van der Waals surface area contributed by atoms with Crippen molar-refractivity contribution in [2.45, 2.75) is 42.9 Å². The van der Waals surface area contributed by atoms with E-state index in [0.29, 0.717) is 11.3 Å². The summed E-state index contributed by atoms with van der Waals surface area (Å²) in [5.41, 5.74) is 0.850. The van der Waals surface area contributed by atoms with E-state index in [0.717, 1.165) is 36.4 Å². The third-order valence-electron chi connectivity index (χ3n) is 3.60. The van der Waals surface area contributed by atoms with Crippen LogP contribution in [0.25, 0.3) is 0 Å². The first-order valence-electron chi connectivity index (χ1n) is 7.34. The summed E-state index contributed by atoms with van der Waals surface area (Å²) in [6, 6.07) is 8.40. The van der Waals surface area contributed by atoms with Crippen molar-refractivity contribution in [2.24, 2.45) is 0 Å². The van der Waals surface area contributed by atoms with Crippen molar-refractivity contribution in [3.05, 3.63) is 29.8 Å². The molecule has 1 amide bonds. The van der Waals surface area contributed by atoms with Gasteiger partial charge in [0.25, 0.3) is 5.91 Å². The molecule has 0 bridgehead atoms. The number of carbonyl (C=O) groups excluding carboxylic acids is 1. The van der Waals surface area contributed by atoms with Crippen molar-refractivity contribution >= 4 is 30.1 Å². The van der Waals surface area contributed by atoms with Crippen LogP contribution in [0.2, 0.25) is 0 Å². The van der Waals surface area contributed by atoms with Gasteiger partial charge in [0.05, 0.1) is 5.56 Å². The molecule has 5 heteroatoms. The summed E-state index contributed by atoms with van der Waals surface area (Å²) in [7, 11) is 1.97. The van der Waals surface area contributed by atoms with Crippen molar-refractivity contribution in [3.63, 3.8) is 0 Å². The predicted octanol–water partition coefficient (Wildman–Crippen LogP) is 3.43. The predicted molar refractivity (Wildman–Crippen MR) is 92.7 cm³/mol. The van der Waals surface area contributed by atoms with Crippen LogP contribution in [0.3, 0.4) is 0 Å². The minimum atomic E-state index is 0. The van der Waals surface area contributed by atoms with Crippen molar-refractivity contribution < 1.29 is 4.79 Å². The van der Waals surface area contributed by atoms with E-state index in [4.69, 9.17) is 0 Å². The van der Waals surface area contributed by atoms with E-state index in [2.05, 4.69) is 25.2 Å². The van der Waals surface area contributed by atoms with Crippen molar-refractivity contribution in [2.75, 3.05) is 20.1 Å². The number of hydrogen-bond donors (Lipinski definition) is 1. The van der Waals surface area contributed by atoms with E-state index in [1.807, 2.05) is 30.1 Å². The third kappa shape index (κ3) is 4.90. The molecule has 1 aliphatic rings. The van der Waals surface area contributed by atoms with Crippen molar-refractivity contribution in [1.82, 2.24) is 10.2 Å². The van der Waals surface area contributed by atoms with Crippen LogP contribution in [0.15, 0.2) is 29.2 Å². The lowest BCUT2D eigenvalue weighted by atomic mass is 10.0. The average Bonchev–Trinajstić information content (AvgIpc) is 2.46. The number of carbonyl (C=O) groups is 1. The summed E-state index contributed by atoms with van der Waals surface area (Å²) in [5, 5.41) is 3.77. The molecular formula is C16H25ClN2OS. The summed E-state index contributed by atoms with van der Waals surface area (Å²) in [5.74, 6) is 0.175. The molecular weight excluding hydrogens is 304 g/mol. The van der Waals surface area contributed by atoms with Gasteiger partial charge in [-0.2, -0.15) is 0 Å². The Bertz CT molecular complexity index is 467. The maximum absolute atomic E-state index is 12.7. The second kappa shape index (κ2) is 8.66. The number of halogens is 1. The molecule has 1 unspecified atom stereocenters. The van der Waals surface area contributed by atoms with Gasteiger partial charge >= 0.3 is 0 Å². The number of nitrogens with one attached hydrogen (secondary N) is 1. The van der Waals surface area contributed by atoms with Gasteiger partial charge < -0.3 is 10.2 Å². The Labute approximate surface area is 138 Å². The molecule has 1 heterocycles. The number of benzene rings is 1. The molecule has 2 rings (SSSR count). The molecule has 0 aromatic heterocycles. The maximum atomic E-state index is 12.7. The van der Waals surface area contributed by atoms with E-state index in [1.54, 1.807) is 11.8 Å². The minimum Gasteiger partial charge on any atom is -0.337 e.